The van der Waals surface area contributed by atoms with E-state index in [2.05, 4.69) is 10.1 Å². The van der Waals surface area contributed by atoms with Gasteiger partial charge in [-0.2, -0.15) is 0 Å². The smallest absolute Gasteiger partial charge is 0.406 e. The molecule has 5 nitrogen and oxygen atoms in total. The topological polar surface area (TPSA) is 67.6 Å². The van der Waals surface area contributed by atoms with Crippen LogP contribution in [0.5, 0.6) is 5.75 Å². The van der Waals surface area contributed by atoms with E-state index >= 15 is 0 Å². The Labute approximate surface area is 132 Å². The number of nitrogens with zero attached hydrogens (tertiary/aromatic N) is 1. The van der Waals surface area contributed by atoms with Crippen LogP contribution in [0.25, 0.3) is 0 Å². The fourth-order valence-electron chi connectivity index (χ4n) is 2.69. The molecule has 1 saturated heterocycles. The van der Waals surface area contributed by atoms with E-state index < -0.39 is 6.36 Å². The molecule has 2 rings (SSSR count). The molecule has 1 aliphatic heterocycles. The Morgan fingerprint density at radius 1 is 1.35 bits per heavy atom. The third-order valence-corrected chi connectivity index (χ3v) is 3.76. The number of amides is 2. The molecule has 2 amide bonds. The summed E-state index contributed by atoms with van der Waals surface area (Å²) < 4.78 is 40.1. The van der Waals surface area contributed by atoms with Gasteiger partial charge in [0.05, 0.1) is 0 Å². The van der Waals surface area contributed by atoms with E-state index in [4.69, 9.17) is 5.73 Å². The van der Waals surface area contributed by atoms with Crippen LogP contribution in [0.1, 0.15) is 26.2 Å². The van der Waals surface area contributed by atoms with Gasteiger partial charge in [-0.1, -0.05) is 0 Å². The summed E-state index contributed by atoms with van der Waals surface area (Å²) in [5.74, 6) is -0.332. The number of alkyl halides is 3. The highest BCUT2D eigenvalue weighted by Crippen LogP contribution is 2.25. The molecule has 0 aliphatic carbocycles. The summed E-state index contributed by atoms with van der Waals surface area (Å²) in [4.78, 5) is 14.0. The maximum absolute atomic E-state index is 12.3. The zero-order chi connectivity index (χ0) is 17.0. The van der Waals surface area contributed by atoms with Gasteiger partial charge in [-0.25, -0.2) is 4.79 Å². The molecular formula is C15H20F3N3O2. The number of likely N-dealkylation sites (tertiary alicyclic amines) is 1. The molecule has 2 unspecified atom stereocenters. The van der Waals surface area contributed by atoms with Gasteiger partial charge in [0.1, 0.15) is 5.75 Å². The Balaban J connectivity index is 1.99. The summed E-state index contributed by atoms with van der Waals surface area (Å²) in [7, 11) is 0. The first kappa shape index (κ1) is 17.4. The SMILES string of the molecule is CC(N)C1CCCCN1C(=O)Nc1ccc(OC(F)(F)F)cc1. The van der Waals surface area contributed by atoms with Crippen LogP contribution < -0.4 is 15.8 Å². The lowest BCUT2D eigenvalue weighted by Gasteiger charge is -2.37. The summed E-state index contributed by atoms with van der Waals surface area (Å²) in [5, 5.41) is 2.68. The minimum absolute atomic E-state index is 0.0309. The minimum atomic E-state index is -4.73. The summed E-state index contributed by atoms with van der Waals surface area (Å²) in [6.45, 7) is 2.48. The average Bonchev–Trinajstić information content (AvgIpc) is 2.47. The van der Waals surface area contributed by atoms with Crippen molar-refractivity contribution in [3.63, 3.8) is 0 Å². The number of nitrogens with one attached hydrogen (secondary N) is 1. The number of nitrogens with two attached hydrogens (primary N) is 1. The quantitative estimate of drug-likeness (QED) is 0.893. The van der Waals surface area contributed by atoms with Gasteiger partial charge in [-0.3, -0.25) is 0 Å². The maximum atomic E-state index is 12.3. The molecule has 1 aromatic rings. The molecule has 3 N–H and O–H groups in total. The second-order valence-corrected chi connectivity index (χ2v) is 5.62. The van der Waals surface area contributed by atoms with Crippen molar-refractivity contribution >= 4 is 11.7 Å². The zero-order valence-electron chi connectivity index (χ0n) is 12.8. The molecule has 0 saturated carbocycles. The maximum Gasteiger partial charge on any atom is 0.573 e. The Morgan fingerprint density at radius 2 is 2.00 bits per heavy atom. The van der Waals surface area contributed by atoms with Crippen LogP contribution in [-0.2, 0) is 0 Å². The Morgan fingerprint density at radius 3 is 2.57 bits per heavy atom. The average molecular weight is 331 g/mol. The fraction of sp³-hybridized carbons (Fsp3) is 0.533. The van der Waals surface area contributed by atoms with Crippen molar-refractivity contribution in [2.45, 2.75) is 44.6 Å². The Bertz CT molecular complexity index is 532. The highest BCUT2D eigenvalue weighted by molar-refractivity contribution is 5.89. The monoisotopic (exact) mass is 331 g/mol. The molecule has 0 aromatic heterocycles. The van der Waals surface area contributed by atoms with Crippen LogP contribution in [-0.4, -0.2) is 35.9 Å². The van der Waals surface area contributed by atoms with Crippen LogP contribution in [0.3, 0.4) is 0 Å². The van der Waals surface area contributed by atoms with Crippen molar-refractivity contribution in [3.05, 3.63) is 24.3 Å². The van der Waals surface area contributed by atoms with E-state index in [1.54, 1.807) is 4.90 Å². The van der Waals surface area contributed by atoms with Crippen molar-refractivity contribution in [3.8, 4) is 5.75 Å². The molecule has 1 aromatic carbocycles. The van der Waals surface area contributed by atoms with Gasteiger partial charge in [0.2, 0.25) is 0 Å². The third-order valence-electron chi connectivity index (χ3n) is 3.76. The van der Waals surface area contributed by atoms with Crippen molar-refractivity contribution in [2.24, 2.45) is 5.73 Å². The summed E-state index contributed by atoms with van der Waals surface area (Å²) >= 11 is 0. The van der Waals surface area contributed by atoms with E-state index in [9.17, 15) is 18.0 Å². The minimum Gasteiger partial charge on any atom is -0.406 e. The van der Waals surface area contributed by atoms with Crippen molar-refractivity contribution in [2.75, 3.05) is 11.9 Å². The first-order chi connectivity index (χ1) is 10.8. The Kier molecular flexibility index (Phi) is 5.35. The van der Waals surface area contributed by atoms with Crippen LogP contribution in [0.2, 0.25) is 0 Å². The standard InChI is InChI=1S/C15H20F3N3O2/c1-10(19)13-4-2-3-9-21(13)14(22)20-11-5-7-12(8-6-11)23-15(16,17)18/h5-8,10,13H,2-4,9,19H2,1H3,(H,20,22). The normalized spacial score (nSPS) is 20.0. The van der Waals surface area contributed by atoms with Gasteiger partial charge in [-0.05, 0) is 50.5 Å². The third kappa shape index (κ3) is 5.02. The second-order valence-electron chi connectivity index (χ2n) is 5.62. The molecule has 23 heavy (non-hydrogen) atoms. The Hall–Kier alpha value is -1.96. The van der Waals surface area contributed by atoms with Crippen LogP contribution >= 0.6 is 0 Å². The first-order valence-electron chi connectivity index (χ1n) is 7.45. The number of piperidine rings is 1. The summed E-state index contributed by atoms with van der Waals surface area (Å²) in [6, 6.07) is 4.58. The molecule has 1 fully saturated rings. The van der Waals surface area contributed by atoms with E-state index in [0.717, 1.165) is 31.4 Å². The summed E-state index contributed by atoms with van der Waals surface area (Å²) in [6.07, 6.45) is -1.94. The summed E-state index contributed by atoms with van der Waals surface area (Å²) in [5.41, 5.74) is 6.32. The van der Waals surface area contributed by atoms with Gasteiger partial charge in [0.25, 0.3) is 0 Å². The molecule has 2 atom stereocenters. The van der Waals surface area contributed by atoms with Gasteiger partial charge in [0, 0.05) is 24.3 Å². The predicted molar refractivity (Wildman–Crippen MR) is 80.1 cm³/mol. The van der Waals surface area contributed by atoms with Crippen molar-refractivity contribution in [1.82, 2.24) is 4.90 Å². The number of benzene rings is 1. The molecule has 0 spiro atoms. The van der Waals surface area contributed by atoms with E-state index in [1.165, 1.54) is 12.1 Å². The van der Waals surface area contributed by atoms with E-state index in [-0.39, 0.29) is 23.9 Å². The van der Waals surface area contributed by atoms with E-state index in [0.29, 0.717) is 12.2 Å². The number of carbonyl (C=O) groups is 1. The molecule has 0 radical (unpaired) electrons. The fourth-order valence-corrected chi connectivity index (χ4v) is 2.69. The van der Waals surface area contributed by atoms with Gasteiger partial charge < -0.3 is 20.7 Å². The molecule has 0 bridgehead atoms. The van der Waals surface area contributed by atoms with Crippen LogP contribution in [0, 0.1) is 0 Å². The highest BCUT2D eigenvalue weighted by Gasteiger charge is 2.31. The van der Waals surface area contributed by atoms with Gasteiger partial charge >= 0.3 is 12.4 Å². The number of halogens is 3. The van der Waals surface area contributed by atoms with Crippen molar-refractivity contribution in [1.29, 1.82) is 0 Å². The number of anilines is 1. The largest absolute Gasteiger partial charge is 0.573 e. The number of hydrogen-bond acceptors (Lipinski definition) is 3. The van der Waals surface area contributed by atoms with Gasteiger partial charge in [-0.15, -0.1) is 13.2 Å². The predicted octanol–water partition coefficient (Wildman–Crippen LogP) is 3.32. The lowest BCUT2D eigenvalue weighted by Crippen LogP contribution is -2.53. The number of carbonyl (C=O) groups excluding carboxylic acids is 1. The lowest BCUT2D eigenvalue weighted by atomic mass is 9.97. The number of rotatable bonds is 3. The van der Waals surface area contributed by atoms with E-state index in [1.807, 2.05) is 6.92 Å². The highest BCUT2D eigenvalue weighted by atomic mass is 19.4. The first-order valence-corrected chi connectivity index (χ1v) is 7.45. The molecule has 1 heterocycles. The van der Waals surface area contributed by atoms with Crippen molar-refractivity contribution < 1.29 is 22.7 Å². The number of ether oxygens (including phenoxy) is 1. The van der Waals surface area contributed by atoms with Crippen LogP contribution in [0.4, 0.5) is 23.7 Å². The molecule has 8 heteroatoms. The molecular weight excluding hydrogens is 311 g/mol. The van der Waals surface area contributed by atoms with Gasteiger partial charge in [0.15, 0.2) is 0 Å². The molecule has 128 valence electrons. The molecule has 1 aliphatic rings. The lowest BCUT2D eigenvalue weighted by molar-refractivity contribution is -0.274. The zero-order valence-corrected chi connectivity index (χ0v) is 12.8. The van der Waals surface area contributed by atoms with Crippen LogP contribution in [0.15, 0.2) is 24.3 Å². The number of urea groups is 1. The second kappa shape index (κ2) is 7.08. The number of hydrogen-bond donors (Lipinski definition) is 2.